The Morgan fingerprint density at radius 3 is 2.57 bits per heavy atom. The number of hydrogen-bond acceptors (Lipinski definition) is 5. The van der Waals surface area contributed by atoms with Gasteiger partial charge in [-0.3, -0.25) is 15.0 Å². The quantitative estimate of drug-likeness (QED) is 0.469. The van der Waals surface area contributed by atoms with Crippen molar-refractivity contribution in [1.29, 1.82) is 0 Å². The highest BCUT2D eigenvalue weighted by Gasteiger charge is 2.34. The Kier molecular flexibility index (Phi) is 5.69. The maximum atomic E-state index is 13.1. The van der Waals surface area contributed by atoms with Crippen molar-refractivity contribution in [1.82, 2.24) is 5.43 Å². The topological polar surface area (TPSA) is 84.9 Å². The first-order chi connectivity index (χ1) is 13.5. The molecular weight excluding hydrogens is 367 g/mol. The van der Waals surface area contributed by atoms with Gasteiger partial charge in [0.15, 0.2) is 6.61 Å². The highest BCUT2D eigenvalue weighted by Crippen LogP contribution is 2.25. The molecule has 8 heteroatoms. The van der Waals surface area contributed by atoms with Gasteiger partial charge in [-0.05, 0) is 43.3 Å². The SMILES string of the molecule is CCOC(=O)COc1ccccc1/C=C1/C(=O)NN(c2ccc(F)cc2)C1=O. The molecule has 0 bridgehead atoms. The van der Waals surface area contributed by atoms with Crippen molar-refractivity contribution in [3.63, 3.8) is 0 Å². The molecule has 1 heterocycles. The van der Waals surface area contributed by atoms with Gasteiger partial charge in [0.25, 0.3) is 11.8 Å². The third kappa shape index (κ3) is 4.17. The van der Waals surface area contributed by atoms with Crippen LogP contribution in [0.1, 0.15) is 12.5 Å². The number of halogens is 1. The summed E-state index contributed by atoms with van der Waals surface area (Å²) in [5, 5.41) is 1.04. The van der Waals surface area contributed by atoms with Crippen molar-refractivity contribution in [2.24, 2.45) is 0 Å². The first-order valence-corrected chi connectivity index (χ1v) is 8.49. The van der Waals surface area contributed by atoms with Crippen molar-refractivity contribution >= 4 is 29.5 Å². The number of rotatable bonds is 6. The van der Waals surface area contributed by atoms with E-state index in [0.717, 1.165) is 5.01 Å². The maximum Gasteiger partial charge on any atom is 0.344 e. The number of amides is 2. The summed E-state index contributed by atoms with van der Waals surface area (Å²) in [5.74, 6) is -1.84. The molecule has 1 N–H and O–H groups in total. The van der Waals surface area contributed by atoms with E-state index in [1.165, 1.54) is 30.3 Å². The number of anilines is 1. The number of ether oxygens (including phenoxy) is 2. The molecule has 2 aromatic carbocycles. The smallest absolute Gasteiger partial charge is 0.344 e. The van der Waals surface area contributed by atoms with Crippen LogP contribution in [-0.4, -0.2) is 31.0 Å². The lowest BCUT2D eigenvalue weighted by Gasteiger charge is -2.14. The molecule has 3 rings (SSSR count). The van der Waals surface area contributed by atoms with Gasteiger partial charge in [0.05, 0.1) is 12.3 Å². The van der Waals surface area contributed by atoms with E-state index < -0.39 is 23.6 Å². The minimum Gasteiger partial charge on any atom is -0.481 e. The molecule has 0 saturated carbocycles. The molecule has 1 aliphatic heterocycles. The lowest BCUT2D eigenvalue weighted by atomic mass is 10.1. The first kappa shape index (κ1) is 19.1. The molecule has 1 saturated heterocycles. The Balaban J connectivity index is 1.83. The standard InChI is InChI=1S/C20H17FN2O5/c1-2-27-18(24)12-28-17-6-4-3-5-13(17)11-16-19(25)22-23(20(16)26)15-9-7-14(21)8-10-15/h3-11H,2,12H2,1H3,(H,22,25)/b16-11-. The van der Waals surface area contributed by atoms with Crippen LogP contribution in [0.3, 0.4) is 0 Å². The molecule has 0 aliphatic carbocycles. The van der Waals surface area contributed by atoms with Crippen molar-refractivity contribution in [2.45, 2.75) is 6.92 Å². The highest BCUT2D eigenvalue weighted by atomic mass is 19.1. The molecule has 0 atom stereocenters. The summed E-state index contributed by atoms with van der Waals surface area (Å²) in [6.45, 7) is 1.63. The molecule has 144 valence electrons. The van der Waals surface area contributed by atoms with Crippen LogP contribution < -0.4 is 15.2 Å². The number of hydrazine groups is 1. The van der Waals surface area contributed by atoms with Gasteiger partial charge in [-0.25, -0.2) is 14.2 Å². The molecule has 0 aromatic heterocycles. The van der Waals surface area contributed by atoms with E-state index in [1.807, 2.05) is 0 Å². The van der Waals surface area contributed by atoms with E-state index in [2.05, 4.69) is 5.43 Å². The molecule has 28 heavy (non-hydrogen) atoms. The lowest BCUT2D eigenvalue weighted by Crippen LogP contribution is -2.35. The highest BCUT2D eigenvalue weighted by molar-refractivity contribution is 6.31. The minimum atomic E-state index is -0.602. The predicted molar refractivity (Wildman–Crippen MR) is 98.6 cm³/mol. The Labute approximate surface area is 160 Å². The number of para-hydroxylation sites is 1. The van der Waals surface area contributed by atoms with Crippen LogP contribution in [-0.2, 0) is 19.1 Å². The second-order valence-electron chi connectivity index (χ2n) is 5.75. The third-order valence-electron chi connectivity index (χ3n) is 3.85. The second kappa shape index (κ2) is 8.34. The van der Waals surface area contributed by atoms with Crippen LogP contribution in [0.2, 0.25) is 0 Å². The maximum absolute atomic E-state index is 13.1. The molecule has 0 unspecified atom stereocenters. The van der Waals surface area contributed by atoms with E-state index in [9.17, 15) is 18.8 Å². The summed E-state index contributed by atoms with van der Waals surface area (Å²) < 4.78 is 23.3. The van der Waals surface area contributed by atoms with Gasteiger partial charge in [-0.15, -0.1) is 0 Å². The fraction of sp³-hybridized carbons (Fsp3) is 0.150. The van der Waals surface area contributed by atoms with Crippen molar-refractivity contribution in [3.8, 4) is 5.75 Å². The normalized spacial score (nSPS) is 14.9. The number of esters is 1. The zero-order valence-corrected chi connectivity index (χ0v) is 15.0. The van der Waals surface area contributed by atoms with Crippen molar-refractivity contribution in [2.75, 3.05) is 18.2 Å². The fourth-order valence-corrected chi connectivity index (χ4v) is 2.56. The average molecular weight is 384 g/mol. The first-order valence-electron chi connectivity index (χ1n) is 8.49. The van der Waals surface area contributed by atoms with E-state index in [-0.39, 0.29) is 18.8 Å². The molecule has 2 aromatic rings. The molecule has 1 fully saturated rings. The third-order valence-corrected chi connectivity index (χ3v) is 3.85. The summed E-state index contributed by atoms with van der Waals surface area (Å²) in [7, 11) is 0. The monoisotopic (exact) mass is 384 g/mol. The Morgan fingerprint density at radius 2 is 1.86 bits per heavy atom. The second-order valence-corrected chi connectivity index (χ2v) is 5.75. The van der Waals surface area contributed by atoms with Gasteiger partial charge in [0, 0.05) is 5.56 Å². The summed E-state index contributed by atoms with van der Waals surface area (Å²) in [5.41, 5.74) is 3.10. The van der Waals surface area contributed by atoms with E-state index in [0.29, 0.717) is 17.0 Å². The van der Waals surface area contributed by atoms with Crippen LogP contribution in [0.25, 0.3) is 6.08 Å². The summed E-state index contributed by atoms with van der Waals surface area (Å²) in [6, 6.07) is 11.8. The Bertz CT molecular complexity index is 940. The van der Waals surface area contributed by atoms with E-state index in [1.54, 1.807) is 31.2 Å². The molecule has 7 nitrogen and oxygen atoms in total. The molecular formula is C20H17FN2O5. The summed E-state index contributed by atoms with van der Waals surface area (Å²) in [4.78, 5) is 36.4. The van der Waals surface area contributed by atoms with Crippen LogP contribution in [0.15, 0.2) is 54.1 Å². The Hall–Kier alpha value is -3.68. The summed E-state index contributed by atoms with van der Waals surface area (Å²) >= 11 is 0. The number of hydrogen-bond donors (Lipinski definition) is 1. The summed E-state index contributed by atoms with van der Waals surface area (Å²) in [6.07, 6.45) is 1.38. The zero-order chi connectivity index (χ0) is 20.1. The van der Waals surface area contributed by atoms with Crippen molar-refractivity contribution < 1.29 is 28.2 Å². The van der Waals surface area contributed by atoms with Crippen LogP contribution >= 0.6 is 0 Å². The van der Waals surface area contributed by atoms with Crippen LogP contribution in [0.4, 0.5) is 10.1 Å². The van der Waals surface area contributed by atoms with Crippen LogP contribution in [0.5, 0.6) is 5.75 Å². The molecule has 1 aliphatic rings. The average Bonchev–Trinajstić information content (AvgIpc) is 2.96. The zero-order valence-electron chi connectivity index (χ0n) is 15.0. The molecule has 2 amide bonds. The minimum absolute atomic E-state index is 0.114. The number of nitrogens with zero attached hydrogens (tertiary/aromatic N) is 1. The van der Waals surface area contributed by atoms with Gasteiger partial charge < -0.3 is 9.47 Å². The number of carbonyl (C=O) groups is 3. The number of nitrogens with one attached hydrogen (secondary N) is 1. The van der Waals surface area contributed by atoms with E-state index in [4.69, 9.17) is 9.47 Å². The number of benzene rings is 2. The van der Waals surface area contributed by atoms with Gasteiger partial charge in [-0.1, -0.05) is 18.2 Å². The van der Waals surface area contributed by atoms with Gasteiger partial charge in [-0.2, -0.15) is 0 Å². The largest absolute Gasteiger partial charge is 0.481 e. The molecule has 0 radical (unpaired) electrons. The van der Waals surface area contributed by atoms with Gasteiger partial charge >= 0.3 is 5.97 Å². The van der Waals surface area contributed by atoms with Crippen molar-refractivity contribution in [3.05, 3.63) is 65.5 Å². The fourth-order valence-electron chi connectivity index (χ4n) is 2.56. The van der Waals surface area contributed by atoms with E-state index >= 15 is 0 Å². The van der Waals surface area contributed by atoms with Crippen LogP contribution in [0, 0.1) is 5.82 Å². The predicted octanol–water partition coefficient (Wildman–Crippen LogP) is 2.23. The van der Waals surface area contributed by atoms with Gasteiger partial charge in [0.1, 0.15) is 17.1 Å². The lowest BCUT2D eigenvalue weighted by molar-refractivity contribution is -0.145. The Morgan fingerprint density at radius 1 is 1.14 bits per heavy atom. The molecule has 0 spiro atoms. The van der Waals surface area contributed by atoms with Gasteiger partial charge in [0.2, 0.25) is 0 Å². The number of carbonyl (C=O) groups excluding carboxylic acids is 3.